The van der Waals surface area contributed by atoms with Crippen LogP contribution >= 0.6 is 7.82 Å². The van der Waals surface area contributed by atoms with Gasteiger partial charge in [0.05, 0.1) is 19.8 Å². The van der Waals surface area contributed by atoms with Gasteiger partial charge in [-0.3, -0.25) is 18.6 Å². The first-order valence-electron chi connectivity index (χ1n) is 18.9. The number of phosphoric acid groups is 1. The molecule has 0 amide bonds. The first kappa shape index (κ1) is 46.5. The number of aliphatic carboxylic acids is 1. The number of carbonyl (C=O) groups excluding carboxylic acids is 1. The lowest BCUT2D eigenvalue weighted by Gasteiger charge is -2.20. The van der Waals surface area contributed by atoms with E-state index in [0.717, 1.165) is 44.9 Å². The highest BCUT2D eigenvalue weighted by atomic mass is 31.2. The highest BCUT2D eigenvalue weighted by molar-refractivity contribution is 7.47. The fourth-order valence-electron chi connectivity index (χ4n) is 4.97. The van der Waals surface area contributed by atoms with E-state index in [1.165, 1.54) is 89.9 Å². The van der Waals surface area contributed by atoms with Gasteiger partial charge in [0, 0.05) is 13.0 Å². The summed E-state index contributed by atoms with van der Waals surface area (Å²) in [6.45, 7) is 3.80. The number of allylic oxidation sites excluding steroid dienone is 4. The van der Waals surface area contributed by atoms with Crippen molar-refractivity contribution in [1.82, 2.24) is 0 Å². The lowest BCUT2D eigenvalue weighted by Crippen LogP contribution is -2.34. The molecule has 0 saturated heterocycles. The van der Waals surface area contributed by atoms with Crippen molar-refractivity contribution >= 4 is 19.8 Å². The van der Waals surface area contributed by atoms with Gasteiger partial charge in [0.1, 0.15) is 12.1 Å². The monoisotopic (exact) mass is 703 g/mol. The molecular weight excluding hydrogens is 633 g/mol. The molecular formula is C37H70NO9P. The number of carbonyl (C=O) groups is 2. The van der Waals surface area contributed by atoms with Crippen LogP contribution in [0.1, 0.15) is 162 Å². The molecule has 3 unspecified atom stereocenters. The molecule has 0 rings (SSSR count). The number of ether oxygens (including phenoxy) is 2. The van der Waals surface area contributed by atoms with Gasteiger partial charge in [-0.1, -0.05) is 141 Å². The second kappa shape index (κ2) is 33.9. The van der Waals surface area contributed by atoms with Crippen molar-refractivity contribution in [2.45, 2.75) is 174 Å². The van der Waals surface area contributed by atoms with Crippen LogP contribution in [-0.4, -0.2) is 60.5 Å². The minimum Gasteiger partial charge on any atom is -0.480 e. The van der Waals surface area contributed by atoms with Gasteiger partial charge in [0.2, 0.25) is 0 Å². The number of carboxylic acid groups (broad SMARTS) is 1. The second-order valence-corrected chi connectivity index (χ2v) is 14.2. The van der Waals surface area contributed by atoms with E-state index >= 15 is 0 Å². The Labute approximate surface area is 292 Å². The smallest absolute Gasteiger partial charge is 0.472 e. The Bertz CT molecular complexity index is 868. The Morgan fingerprint density at radius 2 is 1.17 bits per heavy atom. The fraction of sp³-hybridized carbons (Fsp3) is 0.838. The minimum atomic E-state index is -4.61. The van der Waals surface area contributed by atoms with E-state index in [4.69, 9.17) is 24.8 Å². The summed E-state index contributed by atoms with van der Waals surface area (Å²) in [6, 6.07) is -1.47. The van der Waals surface area contributed by atoms with Crippen molar-refractivity contribution in [2.24, 2.45) is 5.73 Å². The van der Waals surface area contributed by atoms with Crippen LogP contribution in [0.5, 0.6) is 0 Å². The zero-order valence-electron chi connectivity index (χ0n) is 30.3. The van der Waals surface area contributed by atoms with E-state index in [1.54, 1.807) is 0 Å². The summed E-state index contributed by atoms with van der Waals surface area (Å²) in [5.41, 5.74) is 5.33. The molecule has 0 aliphatic rings. The maximum atomic E-state index is 12.5. The van der Waals surface area contributed by atoms with Crippen LogP contribution < -0.4 is 5.73 Å². The predicted octanol–water partition coefficient (Wildman–Crippen LogP) is 9.58. The zero-order valence-corrected chi connectivity index (χ0v) is 31.2. The van der Waals surface area contributed by atoms with E-state index in [0.29, 0.717) is 13.0 Å². The molecule has 0 aromatic heterocycles. The predicted molar refractivity (Wildman–Crippen MR) is 194 cm³/mol. The Kier molecular flexibility index (Phi) is 32.8. The number of rotatable bonds is 36. The molecule has 0 aromatic rings. The SMILES string of the molecule is CCCC/C=C\C/C=C\CCCCCCCCOCC(COP(=O)(O)OCC(N)C(=O)O)OC(=O)CCCCCCCCCCCCC. The quantitative estimate of drug-likeness (QED) is 0.0249. The van der Waals surface area contributed by atoms with Gasteiger partial charge in [-0.15, -0.1) is 0 Å². The summed E-state index contributed by atoms with van der Waals surface area (Å²) in [5.74, 6) is -1.78. The Hall–Kier alpha value is -1.55. The molecule has 0 radical (unpaired) electrons. The molecule has 4 N–H and O–H groups in total. The highest BCUT2D eigenvalue weighted by Crippen LogP contribution is 2.43. The summed E-state index contributed by atoms with van der Waals surface area (Å²) in [6.07, 6.45) is 33.7. The zero-order chi connectivity index (χ0) is 35.6. The van der Waals surface area contributed by atoms with Crippen molar-refractivity contribution < 1.29 is 42.7 Å². The lowest BCUT2D eigenvalue weighted by atomic mass is 10.1. The number of hydrogen-bond acceptors (Lipinski definition) is 8. The molecule has 0 aliphatic carbocycles. The third-order valence-corrected chi connectivity index (χ3v) is 8.93. The standard InChI is InChI=1S/C37H70NO9P/c1-3-5-7-9-11-13-15-16-17-18-20-22-24-26-28-30-44-31-34(32-45-48(42,43)46-33-35(38)37(40)41)47-36(39)29-27-25-23-21-19-14-12-10-8-6-4-2/h9,11,15-16,34-35H,3-8,10,12-14,17-33,38H2,1-2H3,(H,40,41)(H,42,43)/b11-9-,16-15-. The van der Waals surface area contributed by atoms with E-state index in [1.807, 2.05) is 0 Å². The van der Waals surface area contributed by atoms with Gasteiger partial charge >= 0.3 is 19.8 Å². The first-order chi connectivity index (χ1) is 23.2. The highest BCUT2D eigenvalue weighted by Gasteiger charge is 2.27. The lowest BCUT2D eigenvalue weighted by molar-refractivity contribution is -0.154. The van der Waals surface area contributed by atoms with Gasteiger partial charge in [-0.2, -0.15) is 0 Å². The van der Waals surface area contributed by atoms with Crippen molar-refractivity contribution in [2.75, 3.05) is 26.4 Å². The number of phosphoric ester groups is 1. The Morgan fingerprint density at radius 3 is 1.75 bits per heavy atom. The summed E-state index contributed by atoms with van der Waals surface area (Å²) in [4.78, 5) is 33.3. The van der Waals surface area contributed by atoms with Gasteiger partial charge < -0.3 is 25.2 Å². The maximum Gasteiger partial charge on any atom is 0.472 e. The van der Waals surface area contributed by atoms with Crippen molar-refractivity contribution in [3.05, 3.63) is 24.3 Å². The average molecular weight is 704 g/mol. The molecule has 10 nitrogen and oxygen atoms in total. The van der Waals surface area contributed by atoms with E-state index in [9.17, 15) is 19.0 Å². The fourth-order valence-corrected chi connectivity index (χ4v) is 5.75. The van der Waals surface area contributed by atoms with Crippen molar-refractivity contribution in [1.29, 1.82) is 0 Å². The van der Waals surface area contributed by atoms with Gasteiger partial charge in [0.25, 0.3) is 0 Å². The minimum absolute atomic E-state index is 0.0127. The Morgan fingerprint density at radius 1 is 0.667 bits per heavy atom. The van der Waals surface area contributed by atoms with Crippen LogP contribution in [0, 0.1) is 0 Å². The van der Waals surface area contributed by atoms with Crippen molar-refractivity contribution in [3.63, 3.8) is 0 Å². The van der Waals surface area contributed by atoms with Gasteiger partial charge in [-0.05, 0) is 38.5 Å². The van der Waals surface area contributed by atoms with Crippen LogP contribution in [0.3, 0.4) is 0 Å². The van der Waals surface area contributed by atoms with E-state index in [-0.39, 0.29) is 13.0 Å². The number of hydrogen-bond donors (Lipinski definition) is 3. The molecule has 282 valence electrons. The second-order valence-electron chi connectivity index (χ2n) is 12.7. The van der Waals surface area contributed by atoms with Crippen LogP contribution in [0.4, 0.5) is 0 Å². The van der Waals surface area contributed by atoms with E-state index in [2.05, 4.69) is 42.7 Å². The van der Waals surface area contributed by atoms with Crippen LogP contribution in [0.15, 0.2) is 24.3 Å². The molecule has 0 fully saturated rings. The molecule has 0 bridgehead atoms. The number of esters is 1. The summed E-state index contributed by atoms with van der Waals surface area (Å²) >= 11 is 0. The third-order valence-electron chi connectivity index (χ3n) is 7.98. The van der Waals surface area contributed by atoms with Crippen LogP contribution in [-0.2, 0) is 32.7 Å². The molecule has 0 heterocycles. The maximum absolute atomic E-state index is 12.5. The summed E-state index contributed by atoms with van der Waals surface area (Å²) in [7, 11) is -4.61. The summed E-state index contributed by atoms with van der Waals surface area (Å²) < 4.78 is 33.2. The molecule has 0 spiro atoms. The largest absolute Gasteiger partial charge is 0.480 e. The third kappa shape index (κ3) is 33.0. The average Bonchev–Trinajstić information content (AvgIpc) is 3.06. The molecule has 48 heavy (non-hydrogen) atoms. The van der Waals surface area contributed by atoms with E-state index < -0.39 is 45.1 Å². The molecule has 0 aromatic carbocycles. The first-order valence-corrected chi connectivity index (χ1v) is 20.4. The number of carboxylic acids is 1. The summed E-state index contributed by atoms with van der Waals surface area (Å²) in [5, 5.41) is 8.85. The molecule has 0 aliphatic heterocycles. The van der Waals surface area contributed by atoms with Gasteiger partial charge in [0.15, 0.2) is 0 Å². The normalized spacial score (nSPS) is 14.4. The Balaban J connectivity index is 4.31. The van der Waals surface area contributed by atoms with Crippen molar-refractivity contribution in [3.8, 4) is 0 Å². The topological polar surface area (TPSA) is 155 Å². The van der Waals surface area contributed by atoms with Crippen LogP contribution in [0.25, 0.3) is 0 Å². The van der Waals surface area contributed by atoms with Crippen LogP contribution in [0.2, 0.25) is 0 Å². The molecule has 0 saturated carbocycles. The molecule has 3 atom stereocenters. The van der Waals surface area contributed by atoms with Gasteiger partial charge in [-0.25, -0.2) is 4.57 Å². The number of nitrogens with two attached hydrogens (primary N) is 1. The number of unbranched alkanes of at least 4 members (excludes halogenated alkanes) is 18. The molecule has 11 heteroatoms.